The molecule has 8 heteroatoms. The van der Waals surface area contributed by atoms with Crippen LogP contribution in [-0.4, -0.2) is 51.9 Å². The van der Waals surface area contributed by atoms with E-state index in [9.17, 15) is 13.2 Å². The van der Waals surface area contributed by atoms with Gasteiger partial charge in [0.2, 0.25) is 15.9 Å². The van der Waals surface area contributed by atoms with E-state index in [1.807, 2.05) is 4.90 Å². The number of amides is 1. The number of halogens is 1. The summed E-state index contributed by atoms with van der Waals surface area (Å²) in [7, 11) is -3.53. The van der Waals surface area contributed by atoms with Crippen LogP contribution in [-0.2, 0) is 14.8 Å². The average molecular weight is 388 g/mol. The van der Waals surface area contributed by atoms with E-state index in [4.69, 9.17) is 0 Å². The Morgan fingerprint density at radius 2 is 1.84 bits per heavy atom. The van der Waals surface area contributed by atoms with Crippen LogP contribution in [0.5, 0.6) is 0 Å². The molecule has 2 saturated heterocycles. The molecule has 0 unspecified atom stereocenters. The van der Waals surface area contributed by atoms with Gasteiger partial charge >= 0.3 is 0 Å². The molecule has 6 nitrogen and oxygen atoms in total. The van der Waals surface area contributed by atoms with Crippen molar-refractivity contribution < 1.29 is 13.2 Å². The summed E-state index contributed by atoms with van der Waals surface area (Å²) < 4.78 is 26.7. The first kappa shape index (κ1) is 20.2. The maximum absolute atomic E-state index is 12.3. The normalized spacial score (nSPS) is 19.6. The largest absolute Gasteiger partial charge is 0.343 e. The Balaban J connectivity index is 0.00000225. The molecular formula is C17H26ClN3O3S. The summed E-state index contributed by atoms with van der Waals surface area (Å²) >= 11 is 0. The number of sulfonamides is 1. The Hall–Kier alpha value is -1.15. The van der Waals surface area contributed by atoms with Crippen molar-refractivity contribution in [3.05, 3.63) is 30.3 Å². The standard InChI is InChI=1S/C17H25N3O3S.ClH/c21-16(20-12-8-17(9-13-20)7-11-18-14-17)6-10-19-24(22,23)15-4-2-1-3-5-15;/h1-5,18-19H,6-14H2;1H. The minimum atomic E-state index is -3.53. The van der Waals surface area contributed by atoms with E-state index < -0.39 is 10.0 Å². The Morgan fingerprint density at radius 1 is 1.16 bits per heavy atom. The van der Waals surface area contributed by atoms with E-state index in [0.29, 0.717) is 5.41 Å². The van der Waals surface area contributed by atoms with Crippen molar-refractivity contribution in [1.29, 1.82) is 0 Å². The van der Waals surface area contributed by atoms with E-state index in [1.165, 1.54) is 6.42 Å². The molecule has 1 aromatic rings. The van der Waals surface area contributed by atoms with Crippen LogP contribution < -0.4 is 10.0 Å². The van der Waals surface area contributed by atoms with Gasteiger partial charge < -0.3 is 10.2 Å². The van der Waals surface area contributed by atoms with Gasteiger partial charge in [-0.15, -0.1) is 12.4 Å². The van der Waals surface area contributed by atoms with E-state index >= 15 is 0 Å². The molecule has 2 aliphatic heterocycles. The quantitative estimate of drug-likeness (QED) is 0.800. The molecule has 1 amide bonds. The second kappa shape index (κ2) is 8.49. The number of hydrogen-bond acceptors (Lipinski definition) is 4. The van der Waals surface area contributed by atoms with Crippen molar-refractivity contribution in [2.45, 2.75) is 30.6 Å². The summed E-state index contributed by atoms with van der Waals surface area (Å²) in [6, 6.07) is 8.22. The van der Waals surface area contributed by atoms with Crippen LogP contribution in [0, 0.1) is 5.41 Å². The highest BCUT2D eigenvalue weighted by molar-refractivity contribution is 7.89. The van der Waals surface area contributed by atoms with Crippen LogP contribution in [0.15, 0.2) is 35.2 Å². The van der Waals surface area contributed by atoms with Crippen molar-refractivity contribution in [2.24, 2.45) is 5.41 Å². The van der Waals surface area contributed by atoms with E-state index in [0.717, 1.165) is 39.0 Å². The van der Waals surface area contributed by atoms with Crippen molar-refractivity contribution in [3.63, 3.8) is 0 Å². The number of carbonyl (C=O) groups excluding carboxylic acids is 1. The summed E-state index contributed by atoms with van der Waals surface area (Å²) in [5.41, 5.74) is 0.381. The third-order valence-corrected chi connectivity index (χ3v) is 6.67. The second-order valence-electron chi connectivity index (χ2n) is 6.77. The molecule has 140 valence electrons. The minimum Gasteiger partial charge on any atom is -0.343 e. The molecule has 2 N–H and O–H groups in total. The van der Waals surface area contributed by atoms with Crippen LogP contribution >= 0.6 is 12.4 Å². The highest BCUT2D eigenvalue weighted by Gasteiger charge is 2.37. The molecule has 0 saturated carbocycles. The first-order valence-electron chi connectivity index (χ1n) is 8.54. The fourth-order valence-electron chi connectivity index (χ4n) is 3.59. The number of nitrogens with one attached hydrogen (secondary N) is 2. The third kappa shape index (κ3) is 4.94. The number of benzene rings is 1. The fraction of sp³-hybridized carbons (Fsp3) is 0.588. The fourth-order valence-corrected chi connectivity index (χ4v) is 4.64. The van der Waals surface area contributed by atoms with Gasteiger partial charge in [-0.2, -0.15) is 0 Å². The van der Waals surface area contributed by atoms with Crippen LogP contribution in [0.4, 0.5) is 0 Å². The lowest BCUT2D eigenvalue weighted by atomic mass is 9.78. The molecule has 25 heavy (non-hydrogen) atoms. The van der Waals surface area contributed by atoms with Crippen molar-refractivity contribution in [2.75, 3.05) is 32.7 Å². The molecular weight excluding hydrogens is 362 g/mol. The van der Waals surface area contributed by atoms with Gasteiger partial charge in [-0.1, -0.05) is 18.2 Å². The van der Waals surface area contributed by atoms with Crippen LogP contribution in [0.25, 0.3) is 0 Å². The lowest BCUT2D eigenvalue weighted by Gasteiger charge is -2.39. The second-order valence-corrected chi connectivity index (χ2v) is 8.54. The van der Waals surface area contributed by atoms with Crippen molar-refractivity contribution in [1.82, 2.24) is 14.9 Å². The smallest absolute Gasteiger partial charge is 0.240 e. The summed E-state index contributed by atoms with van der Waals surface area (Å²) in [6.45, 7) is 3.85. The number of carbonyl (C=O) groups is 1. The lowest BCUT2D eigenvalue weighted by Crippen LogP contribution is -2.44. The number of piperidine rings is 1. The lowest BCUT2D eigenvalue weighted by molar-refractivity contribution is -0.133. The maximum Gasteiger partial charge on any atom is 0.240 e. The van der Waals surface area contributed by atoms with Gasteiger partial charge in [0, 0.05) is 32.6 Å². The van der Waals surface area contributed by atoms with Gasteiger partial charge in [-0.3, -0.25) is 4.79 Å². The van der Waals surface area contributed by atoms with Gasteiger partial charge in [0.1, 0.15) is 0 Å². The predicted octanol–water partition coefficient (Wildman–Crippen LogP) is 1.38. The Labute approximate surface area is 155 Å². The van der Waals surface area contributed by atoms with Crippen LogP contribution in [0.1, 0.15) is 25.7 Å². The van der Waals surface area contributed by atoms with E-state index in [2.05, 4.69) is 10.0 Å². The summed E-state index contributed by atoms with van der Waals surface area (Å²) in [5.74, 6) is 0.0339. The summed E-state index contributed by atoms with van der Waals surface area (Å²) in [6.07, 6.45) is 3.49. The average Bonchev–Trinajstić information content (AvgIpc) is 3.04. The zero-order valence-electron chi connectivity index (χ0n) is 14.2. The summed E-state index contributed by atoms with van der Waals surface area (Å²) in [4.78, 5) is 14.4. The van der Waals surface area contributed by atoms with Gasteiger partial charge in [0.25, 0.3) is 0 Å². The topological polar surface area (TPSA) is 78.5 Å². The van der Waals surface area contributed by atoms with Crippen LogP contribution in [0.2, 0.25) is 0 Å². The molecule has 2 fully saturated rings. The minimum absolute atomic E-state index is 0. The highest BCUT2D eigenvalue weighted by Crippen LogP contribution is 2.36. The van der Waals surface area contributed by atoms with Crippen molar-refractivity contribution in [3.8, 4) is 0 Å². The molecule has 0 aromatic heterocycles. The molecule has 0 bridgehead atoms. The third-order valence-electron chi connectivity index (χ3n) is 5.19. The molecule has 3 rings (SSSR count). The first-order valence-corrected chi connectivity index (χ1v) is 10.0. The molecule has 0 aliphatic carbocycles. The van der Waals surface area contributed by atoms with Gasteiger partial charge in [-0.25, -0.2) is 13.1 Å². The number of rotatable bonds is 5. The van der Waals surface area contributed by atoms with Crippen molar-refractivity contribution >= 4 is 28.3 Å². The Morgan fingerprint density at radius 3 is 2.44 bits per heavy atom. The zero-order valence-corrected chi connectivity index (χ0v) is 15.9. The first-order chi connectivity index (χ1) is 11.5. The molecule has 2 heterocycles. The van der Waals surface area contributed by atoms with Gasteiger partial charge in [0.05, 0.1) is 4.90 Å². The zero-order chi connectivity index (χ0) is 17.0. The number of hydrogen-bond donors (Lipinski definition) is 2. The summed E-state index contributed by atoms with van der Waals surface area (Å²) in [5, 5.41) is 3.41. The molecule has 0 radical (unpaired) electrons. The van der Waals surface area contributed by atoms with E-state index in [1.54, 1.807) is 30.3 Å². The number of likely N-dealkylation sites (tertiary alicyclic amines) is 1. The molecule has 0 atom stereocenters. The van der Waals surface area contributed by atoms with Gasteiger partial charge in [-0.05, 0) is 43.4 Å². The van der Waals surface area contributed by atoms with Gasteiger partial charge in [0.15, 0.2) is 0 Å². The molecule has 1 aromatic carbocycles. The van der Waals surface area contributed by atoms with Crippen LogP contribution in [0.3, 0.4) is 0 Å². The predicted molar refractivity (Wildman–Crippen MR) is 99.2 cm³/mol. The molecule has 2 aliphatic rings. The maximum atomic E-state index is 12.3. The Bertz CT molecular complexity index is 666. The Kier molecular flexibility index (Phi) is 6.85. The molecule has 1 spiro atoms. The highest BCUT2D eigenvalue weighted by atomic mass is 35.5. The monoisotopic (exact) mass is 387 g/mol. The number of nitrogens with zero attached hydrogens (tertiary/aromatic N) is 1. The SMILES string of the molecule is Cl.O=C(CCNS(=O)(=O)c1ccccc1)N1CCC2(CCNC2)CC1. The van der Waals surface area contributed by atoms with E-state index in [-0.39, 0.29) is 36.2 Å².